The fourth-order valence-electron chi connectivity index (χ4n) is 3.10. The van der Waals surface area contributed by atoms with Crippen LogP contribution in [0.4, 0.5) is 0 Å². The van der Waals surface area contributed by atoms with Crippen LogP contribution in [0.3, 0.4) is 0 Å². The van der Waals surface area contributed by atoms with E-state index in [9.17, 15) is 14.4 Å². The van der Waals surface area contributed by atoms with Gasteiger partial charge in [0.2, 0.25) is 11.3 Å². The predicted molar refractivity (Wildman–Crippen MR) is 103 cm³/mol. The van der Waals surface area contributed by atoms with Gasteiger partial charge in [-0.3, -0.25) is 14.4 Å². The Hall–Kier alpha value is -2.38. The lowest BCUT2D eigenvalue weighted by Gasteiger charge is -2.38. The molecule has 0 aliphatic carbocycles. The Balaban J connectivity index is 0.00000243. The highest BCUT2D eigenvalue weighted by molar-refractivity contribution is 5.98. The maximum absolute atomic E-state index is 12.4. The van der Waals surface area contributed by atoms with Gasteiger partial charge >= 0.3 is 0 Å². The molecule has 1 aliphatic heterocycles. The van der Waals surface area contributed by atoms with E-state index in [4.69, 9.17) is 0 Å². The number of rotatable bonds is 3. The first-order valence-corrected chi connectivity index (χ1v) is 8.40. The number of halogens is 1. The summed E-state index contributed by atoms with van der Waals surface area (Å²) in [5.41, 5.74) is 0.334. The number of carbonyl (C=O) groups is 2. The number of H-pyrrole nitrogens is 1. The van der Waals surface area contributed by atoms with Crippen molar-refractivity contribution in [1.82, 2.24) is 20.5 Å². The number of amides is 2. The van der Waals surface area contributed by atoms with Crippen molar-refractivity contribution in [2.24, 2.45) is 0 Å². The van der Waals surface area contributed by atoms with E-state index < -0.39 is 5.91 Å². The molecule has 26 heavy (non-hydrogen) atoms. The Bertz CT molecular complexity index is 867. The fourth-order valence-corrected chi connectivity index (χ4v) is 3.10. The Morgan fingerprint density at radius 3 is 2.77 bits per heavy atom. The molecule has 0 spiro atoms. The van der Waals surface area contributed by atoms with Crippen molar-refractivity contribution in [3.8, 4) is 0 Å². The molecule has 2 heterocycles. The Morgan fingerprint density at radius 1 is 1.27 bits per heavy atom. The number of fused-ring (bicyclic) bond motifs is 1. The SMILES string of the molecule is CC1NCCN(C(=O)CNC(=O)c2c[nH]c3ccccc3c2=O)C1C.Cl. The van der Waals surface area contributed by atoms with E-state index in [1.165, 1.54) is 6.20 Å². The molecule has 0 radical (unpaired) electrons. The van der Waals surface area contributed by atoms with Crippen molar-refractivity contribution in [3.63, 3.8) is 0 Å². The second kappa shape index (κ2) is 8.33. The molecule has 1 aromatic carbocycles. The Kier molecular flexibility index (Phi) is 6.39. The zero-order valence-electron chi connectivity index (χ0n) is 14.7. The van der Waals surface area contributed by atoms with Crippen LogP contribution in [0.2, 0.25) is 0 Å². The van der Waals surface area contributed by atoms with Crippen molar-refractivity contribution in [3.05, 3.63) is 46.2 Å². The van der Waals surface area contributed by atoms with Gasteiger partial charge in [0.05, 0.1) is 6.54 Å². The summed E-state index contributed by atoms with van der Waals surface area (Å²) in [6.45, 7) is 5.22. The van der Waals surface area contributed by atoms with Crippen molar-refractivity contribution >= 4 is 35.1 Å². The van der Waals surface area contributed by atoms with Gasteiger partial charge in [-0.05, 0) is 26.0 Å². The van der Waals surface area contributed by atoms with Gasteiger partial charge in [-0.25, -0.2) is 0 Å². The van der Waals surface area contributed by atoms with E-state index in [2.05, 4.69) is 15.6 Å². The maximum Gasteiger partial charge on any atom is 0.257 e. The highest BCUT2D eigenvalue weighted by Gasteiger charge is 2.28. The normalized spacial score (nSPS) is 19.7. The summed E-state index contributed by atoms with van der Waals surface area (Å²) in [5, 5.41) is 6.32. The predicted octanol–water partition coefficient (Wildman–Crippen LogP) is 0.889. The fraction of sp³-hybridized carbons (Fsp3) is 0.389. The average Bonchev–Trinajstić information content (AvgIpc) is 2.62. The van der Waals surface area contributed by atoms with Crippen molar-refractivity contribution in [2.45, 2.75) is 25.9 Å². The van der Waals surface area contributed by atoms with E-state index in [1.807, 2.05) is 19.9 Å². The van der Waals surface area contributed by atoms with Crippen LogP contribution < -0.4 is 16.1 Å². The van der Waals surface area contributed by atoms with Gasteiger partial charge in [0.1, 0.15) is 5.56 Å². The molecule has 0 saturated carbocycles. The second-order valence-corrected chi connectivity index (χ2v) is 6.33. The Morgan fingerprint density at radius 2 is 2.00 bits per heavy atom. The van der Waals surface area contributed by atoms with Gasteiger partial charge in [0, 0.05) is 42.3 Å². The van der Waals surface area contributed by atoms with Gasteiger partial charge in [-0.1, -0.05) is 12.1 Å². The van der Waals surface area contributed by atoms with E-state index in [0.29, 0.717) is 17.4 Å². The number of benzene rings is 1. The van der Waals surface area contributed by atoms with E-state index in [-0.39, 0.29) is 47.9 Å². The minimum Gasteiger partial charge on any atom is -0.360 e. The molecule has 1 saturated heterocycles. The zero-order chi connectivity index (χ0) is 18.0. The van der Waals surface area contributed by atoms with Crippen molar-refractivity contribution in [1.29, 1.82) is 0 Å². The van der Waals surface area contributed by atoms with Crippen LogP contribution in [0.25, 0.3) is 10.9 Å². The molecule has 1 aromatic heterocycles. The summed E-state index contributed by atoms with van der Waals surface area (Å²) in [6, 6.07) is 7.26. The molecule has 8 heteroatoms. The van der Waals surface area contributed by atoms with Crippen LogP contribution in [0.15, 0.2) is 35.3 Å². The van der Waals surface area contributed by atoms with Crippen LogP contribution >= 0.6 is 12.4 Å². The first-order valence-electron chi connectivity index (χ1n) is 8.40. The summed E-state index contributed by atoms with van der Waals surface area (Å²) in [4.78, 5) is 41.8. The smallest absolute Gasteiger partial charge is 0.257 e. The minimum atomic E-state index is -0.545. The average molecular weight is 379 g/mol. The van der Waals surface area contributed by atoms with Gasteiger partial charge in [0.15, 0.2) is 0 Å². The lowest BCUT2D eigenvalue weighted by Crippen LogP contribution is -2.58. The number of piperazine rings is 1. The first-order chi connectivity index (χ1) is 12.0. The highest BCUT2D eigenvalue weighted by Crippen LogP contribution is 2.09. The molecule has 140 valence electrons. The second-order valence-electron chi connectivity index (χ2n) is 6.33. The summed E-state index contributed by atoms with van der Waals surface area (Å²) in [6.07, 6.45) is 1.39. The number of pyridine rings is 1. The summed E-state index contributed by atoms with van der Waals surface area (Å²) in [5.74, 6) is -0.692. The highest BCUT2D eigenvalue weighted by atomic mass is 35.5. The van der Waals surface area contributed by atoms with Crippen molar-refractivity contribution in [2.75, 3.05) is 19.6 Å². The lowest BCUT2D eigenvalue weighted by atomic mass is 10.1. The van der Waals surface area contributed by atoms with Gasteiger partial charge in [-0.15, -0.1) is 12.4 Å². The molecule has 2 atom stereocenters. The third kappa shape index (κ3) is 3.89. The minimum absolute atomic E-state index is 0. The largest absolute Gasteiger partial charge is 0.360 e. The number of para-hydroxylation sites is 1. The lowest BCUT2D eigenvalue weighted by molar-refractivity contribution is -0.133. The molecule has 2 aromatic rings. The third-order valence-electron chi connectivity index (χ3n) is 4.79. The number of carbonyl (C=O) groups excluding carboxylic acids is 2. The maximum atomic E-state index is 12.4. The topological polar surface area (TPSA) is 94.3 Å². The van der Waals surface area contributed by atoms with Crippen LogP contribution in [-0.2, 0) is 4.79 Å². The van der Waals surface area contributed by atoms with Crippen LogP contribution in [0, 0.1) is 0 Å². The molecule has 7 nitrogen and oxygen atoms in total. The number of nitrogens with one attached hydrogen (secondary N) is 3. The summed E-state index contributed by atoms with van der Waals surface area (Å²) >= 11 is 0. The van der Waals surface area contributed by atoms with Gasteiger partial charge in [-0.2, -0.15) is 0 Å². The number of hydrogen-bond donors (Lipinski definition) is 3. The molecule has 1 aliphatic rings. The molecular weight excluding hydrogens is 356 g/mol. The van der Waals surface area contributed by atoms with Crippen molar-refractivity contribution < 1.29 is 9.59 Å². The Labute approximate surface area is 157 Å². The molecule has 3 N–H and O–H groups in total. The van der Waals surface area contributed by atoms with E-state index in [0.717, 1.165) is 6.54 Å². The van der Waals surface area contributed by atoms with Crippen LogP contribution in [-0.4, -0.2) is 53.4 Å². The first kappa shape index (κ1) is 19.9. The molecule has 2 amide bonds. The zero-order valence-corrected chi connectivity index (χ0v) is 15.6. The monoisotopic (exact) mass is 378 g/mol. The molecule has 3 rings (SSSR count). The number of aromatic amines is 1. The number of hydrogen-bond acceptors (Lipinski definition) is 4. The summed E-state index contributed by atoms with van der Waals surface area (Å²) < 4.78 is 0. The van der Waals surface area contributed by atoms with Gasteiger partial charge in [0.25, 0.3) is 5.91 Å². The standard InChI is InChI=1S/C18H22N4O3.ClH/c1-11-12(2)22(8-7-19-11)16(23)10-21-18(25)14-9-20-15-6-4-3-5-13(15)17(14)24;/h3-6,9,11-12,19H,7-8,10H2,1-2H3,(H,20,24)(H,21,25);1H. The molecule has 0 bridgehead atoms. The number of nitrogens with zero attached hydrogens (tertiary/aromatic N) is 1. The molecule has 2 unspecified atom stereocenters. The molecule has 1 fully saturated rings. The quantitative estimate of drug-likeness (QED) is 0.739. The van der Waals surface area contributed by atoms with Gasteiger partial charge < -0.3 is 20.5 Å². The van der Waals surface area contributed by atoms with E-state index >= 15 is 0 Å². The van der Waals surface area contributed by atoms with E-state index in [1.54, 1.807) is 23.1 Å². The van der Waals surface area contributed by atoms with Crippen LogP contribution in [0.5, 0.6) is 0 Å². The number of aromatic nitrogens is 1. The van der Waals surface area contributed by atoms with Crippen LogP contribution in [0.1, 0.15) is 24.2 Å². The molecular formula is C18H23ClN4O3. The summed E-state index contributed by atoms with van der Waals surface area (Å²) in [7, 11) is 0. The third-order valence-corrected chi connectivity index (χ3v) is 4.79.